The second-order valence-electron chi connectivity index (χ2n) is 7.33. The Morgan fingerprint density at radius 2 is 1.64 bits per heavy atom. The molecule has 0 radical (unpaired) electrons. The first kappa shape index (κ1) is 24.4. The number of carbonyl (C=O) groups excluding carboxylic acids is 1. The molecule has 0 aliphatic carbocycles. The van der Waals surface area contributed by atoms with Gasteiger partial charge in [0.15, 0.2) is 11.5 Å². The van der Waals surface area contributed by atoms with Gasteiger partial charge < -0.3 is 14.8 Å². The summed E-state index contributed by atoms with van der Waals surface area (Å²) in [5, 5.41) is 3.12. The summed E-state index contributed by atoms with van der Waals surface area (Å²) in [6, 6.07) is 16.3. The standard InChI is InChI=1S/C24H25ClN2O5S/c1-16-8-11-19(12-9-16)33(29,30)27(21-7-5-6-20(25)17(21)2)15-24(28)26-18-10-13-22(31-3)23(14-18)32-4/h5-14H,15H2,1-4H3,(H,26,28). The fourth-order valence-corrected chi connectivity index (χ4v) is 4.90. The van der Waals surface area contributed by atoms with Gasteiger partial charge in [-0.05, 0) is 55.8 Å². The van der Waals surface area contributed by atoms with Crippen molar-refractivity contribution < 1.29 is 22.7 Å². The summed E-state index contributed by atoms with van der Waals surface area (Å²) in [4.78, 5) is 13.0. The molecule has 9 heteroatoms. The highest BCUT2D eigenvalue weighted by Gasteiger charge is 2.29. The number of halogens is 1. The number of ether oxygens (including phenoxy) is 2. The zero-order valence-corrected chi connectivity index (χ0v) is 20.3. The molecule has 7 nitrogen and oxygen atoms in total. The van der Waals surface area contributed by atoms with Gasteiger partial charge in [-0.2, -0.15) is 0 Å². The molecule has 0 fully saturated rings. The van der Waals surface area contributed by atoms with Crippen molar-refractivity contribution in [3.8, 4) is 11.5 Å². The largest absolute Gasteiger partial charge is 0.493 e. The van der Waals surface area contributed by atoms with Gasteiger partial charge in [-0.3, -0.25) is 9.10 Å². The molecular weight excluding hydrogens is 464 g/mol. The second-order valence-corrected chi connectivity index (χ2v) is 9.60. The Morgan fingerprint density at radius 1 is 0.970 bits per heavy atom. The number of aryl methyl sites for hydroxylation is 1. The lowest BCUT2D eigenvalue weighted by Crippen LogP contribution is -2.38. The van der Waals surface area contributed by atoms with Crippen LogP contribution in [-0.2, 0) is 14.8 Å². The summed E-state index contributed by atoms with van der Waals surface area (Å²) in [6.45, 7) is 3.12. The number of rotatable bonds is 8. The number of nitrogens with one attached hydrogen (secondary N) is 1. The summed E-state index contributed by atoms with van der Waals surface area (Å²) in [7, 11) is -1.05. The molecular formula is C24H25ClN2O5S. The van der Waals surface area contributed by atoms with Gasteiger partial charge in [-0.25, -0.2) is 8.42 Å². The molecule has 33 heavy (non-hydrogen) atoms. The summed E-state index contributed by atoms with van der Waals surface area (Å²) in [6.07, 6.45) is 0. The van der Waals surface area contributed by atoms with Crippen LogP contribution in [0.1, 0.15) is 11.1 Å². The van der Waals surface area contributed by atoms with Gasteiger partial charge in [-0.1, -0.05) is 35.4 Å². The normalized spacial score (nSPS) is 11.1. The van der Waals surface area contributed by atoms with E-state index < -0.39 is 22.5 Å². The third-order valence-electron chi connectivity index (χ3n) is 5.07. The van der Waals surface area contributed by atoms with Gasteiger partial charge in [-0.15, -0.1) is 0 Å². The second kappa shape index (κ2) is 10.1. The van der Waals surface area contributed by atoms with Gasteiger partial charge in [0.2, 0.25) is 5.91 Å². The molecule has 0 aliphatic rings. The lowest BCUT2D eigenvalue weighted by Gasteiger charge is -2.26. The van der Waals surface area contributed by atoms with Crippen molar-refractivity contribution in [1.29, 1.82) is 0 Å². The van der Waals surface area contributed by atoms with E-state index in [9.17, 15) is 13.2 Å². The molecule has 1 amide bonds. The van der Waals surface area contributed by atoms with Crippen molar-refractivity contribution in [3.05, 3.63) is 76.8 Å². The summed E-state index contributed by atoms with van der Waals surface area (Å²) < 4.78 is 38.6. The number of hydrogen-bond donors (Lipinski definition) is 1. The smallest absolute Gasteiger partial charge is 0.264 e. The predicted molar refractivity (Wildman–Crippen MR) is 130 cm³/mol. The van der Waals surface area contributed by atoms with Crippen LogP contribution in [0.5, 0.6) is 11.5 Å². The van der Waals surface area contributed by atoms with Crippen LogP contribution in [-0.4, -0.2) is 35.1 Å². The van der Waals surface area contributed by atoms with E-state index in [4.69, 9.17) is 21.1 Å². The minimum atomic E-state index is -4.05. The molecule has 0 unspecified atom stereocenters. The Bertz CT molecular complexity index is 1260. The number of nitrogens with zero attached hydrogens (tertiary/aromatic N) is 1. The monoisotopic (exact) mass is 488 g/mol. The molecule has 0 heterocycles. The van der Waals surface area contributed by atoms with Crippen LogP contribution < -0.4 is 19.1 Å². The number of amides is 1. The molecule has 0 bridgehead atoms. The molecule has 3 aromatic carbocycles. The molecule has 174 valence electrons. The van der Waals surface area contributed by atoms with E-state index in [1.165, 1.54) is 26.4 Å². The first-order valence-electron chi connectivity index (χ1n) is 10.0. The van der Waals surface area contributed by atoms with Gasteiger partial charge in [0, 0.05) is 16.8 Å². The van der Waals surface area contributed by atoms with Gasteiger partial charge in [0.1, 0.15) is 6.54 Å². The minimum absolute atomic E-state index is 0.0754. The SMILES string of the molecule is COc1ccc(NC(=O)CN(c2cccc(Cl)c2C)S(=O)(=O)c2ccc(C)cc2)cc1OC. The zero-order chi connectivity index (χ0) is 24.2. The topological polar surface area (TPSA) is 84.9 Å². The van der Waals surface area contributed by atoms with Crippen molar-refractivity contribution in [2.75, 3.05) is 30.4 Å². The number of methoxy groups -OCH3 is 2. The number of carbonyl (C=O) groups is 1. The number of sulfonamides is 1. The fraction of sp³-hybridized carbons (Fsp3) is 0.208. The lowest BCUT2D eigenvalue weighted by molar-refractivity contribution is -0.114. The van der Waals surface area contributed by atoms with E-state index in [0.717, 1.165) is 9.87 Å². The third kappa shape index (κ3) is 5.40. The molecule has 3 rings (SSSR count). The van der Waals surface area contributed by atoms with Gasteiger partial charge >= 0.3 is 0 Å². The molecule has 0 saturated heterocycles. The first-order valence-corrected chi connectivity index (χ1v) is 11.9. The summed E-state index contributed by atoms with van der Waals surface area (Å²) in [5.41, 5.74) is 2.23. The Balaban J connectivity index is 1.97. The molecule has 3 aromatic rings. The molecule has 0 aliphatic heterocycles. The van der Waals surface area contributed by atoms with Crippen molar-refractivity contribution >= 4 is 38.9 Å². The van der Waals surface area contributed by atoms with Crippen LogP contribution in [0.15, 0.2) is 65.6 Å². The van der Waals surface area contributed by atoms with Crippen LogP contribution in [0.4, 0.5) is 11.4 Å². The maximum Gasteiger partial charge on any atom is 0.264 e. The molecule has 0 atom stereocenters. The van der Waals surface area contributed by atoms with Crippen molar-refractivity contribution in [1.82, 2.24) is 0 Å². The maximum absolute atomic E-state index is 13.5. The third-order valence-corrected chi connectivity index (χ3v) is 7.25. The highest BCUT2D eigenvalue weighted by atomic mass is 35.5. The number of anilines is 2. The van der Waals surface area contributed by atoms with Crippen molar-refractivity contribution in [2.24, 2.45) is 0 Å². The van der Waals surface area contributed by atoms with Crippen LogP contribution in [0.3, 0.4) is 0 Å². The van der Waals surface area contributed by atoms with Gasteiger partial charge in [0.05, 0.1) is 24.8 Å². The molecule has 0 aromatic heterocycles. The number of benzene rings is 3. The summed E-state index contributed by atoms with van der Waals surface area (Å²) >= 11 is 6.26. The average molecular weight is 489 g/mol. The zero-order valence-electron chi connectivity index (χ0n) is 18.8. The van der Waals surface area contributed by atoms with Gasteiger partial charge in [0.25, 0.3) is 10.0 Å². The molecule has 0 saturated carbocycles. The fourth-order valence-electron chi connectivity index (χ4n) is 3.25. The predicted octanol–water partition coefficient (Wildman–Crippen LogP) is 4.81. The highest BCUT2D eigenvalue weighted by molar-refractivity contribution is 7.92. The Morgan fingerprint density at radius 3 is 2.27 bits per heavy atom. The van der Waals surface area contributed by atoms with Crippen LogP contribution in [0.2, 0.25) is 5.02 Å². The first-order chi connectivity index (χ1) is 15.7. The van der Waals surface area contributed by atoms with E-state index in [1.54, 1.807) is 55.5 Å². The van der Waals surface area contributed by atoms with Crippen LogP contribution in [0.25, 0.3) is 0 Å². The van der Waals surface area contributed by atoms with E-state index in [0.29, 0.717) is 33.5 Å². The average Bonchev–Trinajstić information content (AvgIpc) is 2.79. The Labute approximate surface area is 198 Å². The Kier molecular flexibility index (Phi) is 7.50. The van der Waals surface area contributed by atoms with E-state index >= 15 is 0 Å². The molecule has 0 spiro atoms. The minimum Gasteiger partial charge on any atom is -0.493 e. The van der Waals surface area contributed by atoms with E-state index in [2.05, 4.69) is 5.32 Å². The maximum atomic E-state index is 13.5. The highest BCUT2D eigenvalue weighted by Crippen LogP contribution is 2.32. The van der Waals surface area contributed by atoms with Crippen molar-refractivity contribution in [3.63, 3.8) is 0 Å². The van der Waals surface area contributed by atoms with E-state index in [1.807, 2.05) is 6.92 Å². The quantitative estimate of drug-likeness (QED) is 0.492. The van der Waals surface area contributed by atoms with E-state index in [-0.39, 0.29) is 4.90 Å². The van der Waals surface area contributed by atoms with Crippen molar-refractivity contribution in [2.45, 2.75) is 18.7 Å². The van der Waals surface area contributed by atoms with Crippen LogP contribution in [0, 0.1) is 13.8 Å². The summed E-state index contributed by atoms with van der Waals surface area (Å²) in [5.74, 6) is 0.413. The van der Waals surface area contributed by atoms with Crippen LogP contribution >= 0.6 is 11.6 Å². The molecule has 1 N–H and O–H groups in total. The Hall–Kier alpha value is -3.23. The lowest BCUT2D eigenvalue weighted by atomic mass is 10.2. The number of hydrogen-bond acceptors (Lipinski definition) is 5.